The highest BCUT2D eigenvalue weighted by atomic mass is 31.1. The molecule has 2 saturated carbocycles. The minimum Gasteiger partial charge on any atom is -0.0932 e. The lowest BCUT2D eigenvalue weighted by molar-refractivity contribution is 0.482. The van der Waals surface area contributed by atoms with E-state index < -0.39 is 7.92 Å². The SMILES string of the molecule is C[C@@H](C1=CC=CC1P(c1ccccc1)c1ccccc1)P(C1CCCCC1)C1CCCCC1. The Morgan fingerprint density at radius 3 is 1.64 bits per heavy atom. The maximum absolute atomic E-state index is 2.64. The fourth-order valence-electron chi connectivity index (χ4n) is 6.61. The Bertz CT molecular complexity index is 862. The van der Waals surface area contributed by atoms with Gasteiger partial charge in [0.2, 0.25) is 0 Å². The second-order valence-corrected chi connectivity index (χ2v) is 15.7. The van der Waals surface area contributed by atoms with Crippen molar-refractivity contribution in [1.82, 2.24) is 0 Å². The first-order valence-corrected chi connectivity index (χ1v) is 16.3. The Morgan fingerprint density at radius 1 is 0.667 bits per heavy atom. The van der Waals surface area contributed by atoms with Crippen molar-refractivity contribution >= 4 is 26.5 Å². The molecular formula is C31H40P2. The van der Waals surface area contributed by atoms with Crippen molar-refractivity contribution in [2.75, 3.05) is 0 Å². The number of benzene rings is 2. The Balaban J connectivity index is 1.47. The summed E-state index contributed by atoms with van der Waals surface area (Å²) in [6.07, 6.45) is 22.3. The van der Waals surface area contributed by atoms with Crippen LogP contribution >= 0.6 is 15.8 Å². The Kier molecular flexibility index (Phi) is 8.18. The van der Waals surface area contributed by atoms with Gasteiger partial charge in [-0.15, -0.1) is 0 Å². The predicted molar refractivity (Wildman–Crippen MR) is 150 cm³/mol. The minimum absolute atomic E-state index is 0.0437. The molecule has 2 aromatic carbocycles. The zero-order valence-electron chi connectivity index (χ0n) is 20.3. The first kappa shape index (κ1) is 23.5. The molecule has 1 unspecified atom stereocenters. The van der Waals surface area contributed by atoms with E-state index in [0.29, 0.717) is 5.66 Å². The molecule has 0 radical (unpaired) electrons. The average Bonchev–Trinajstić information content (AvgIpc) is 3.36. The zero-order chi connectivity index (χ0) is 22.5. The van der Waals surface area contributed by atoms with Gasteiger partial charge in [0.25, 0.3) is 0 Å². The highest BCUT2D eigenvalue weighted by molar-refractivity contribution is 7.74. The molecule has 0 N–H and O–H groups in total. The molecule has 0 bridgehead atoms. The van der Waals surface area contributed by atoms with Gasteiger partial charge in [0, 0.05) is 5.66 Å². The molecule has 174 valence electrons. The molecule has 0 aliphatic heterocycles. The maximum Gasteiger partial charge on any atom is 0.0273 e. The molecule has 2 heteroatoms. The Morgan fingerprint density at radius 2 is 1.15 bits per heavy atom. The third-order valence-corrected chi connectivity index (χ3v) is 14.8. The van der Waals surface area contributed by atoms with Crippen molar-refractivity contribution in [2.45, 2.75) is 93.8 Å². The quantitative estimate of drug-likeness (QED) is 0.353. The first-order chi connectivity index (χ1) is 16.3. The summed E-state index contributed by atoms with van der Waals surface area (Å²) >= 11 is 0. The highest BCUT2D eigenvalue weighted by Crippen LogP contribution is 2.62. The summed E-state index contributed by atoms with van der Waals surface area (Å²) in [7, 11) is -0.384. The summed E-state index contributed by atoms with van der Waals surface area (Å²) in [4.78, 5) is 0. The molecule has 33 heavy (non-hydrogen) atoms. The topological polar surface area (TPSA) is 0 Å². The first-order valence-electron chi connectivity index (χ1n) is 13.4. The summed E-state index contributed by atoms with van der Waals surface area (Å²) in [5.41, 5.74) is 5.08. The van der Waals surface area contributed by atoms with Crippen LogP contribution in [0.4, 0.5) is 0 Å². The molecule has 3 aliphatic carbocycles. The van der Waals surface area contributed by atoms with Crippen molar-refractivity contribution in [1.29, 1.82) is 0 Å². The molecular weight excluding hydrogens is 434 g/mol. The third-order valence-electron chi connectivity index (χ3n) is 8.19. The smallest absolute Gasteiger partial charge is 0.0273 e. The van der Waals surface area contributed by atoms with Gasteiger partial charge in [-0.3, -0.25) is 0 Å². The summed E-state index contributed by atoms with van der Waals surface area (Å²) in [6.45, 7) is 2.64. The lowest BCUT2D eigenvalue weighted by Gasteiger charge is -2.44. The Labute approximate surface area is 204 Å². The van der Waals surface area contributed by atoms with Gasteiger partial charge in [0.1, 0.15) is 0 Å². The normalized spacial score (nSPS) is 23.2. The van der Waals surface area contributed by atoms with Gasteiger partial charge in [-0.25, -0.2) is 0 Å². The number of hydrogen-bond acceptors (Lipinski definition) is 0. The largest absolute Gasteiger partial charge is 0.0932 e. The van der Waals surface area contributed by atoms with Crippen molar-refractivity contribution < 1.29 is 0 Å². The summed E-state index contributed by atoms with van der Waals surface area (Å²) < 4.78 is 0. The van der Waals surface area contributed by atoms with Crippen LogP contribution in [0, 0.1) is 0 Å². The van der Waals surface area contributed by atoms with Crippen LogP contribution in [0.1, 0.15) is 71.1 Å². The van der Waals surface area contributed by atoms with Gasteiger partial charge in [-0.2, -0.15) is 0 Å². The lowest BCUT2D eigenvalue weighted by atomic mass is 9.99. The number of hydrogen-bond donors (Lipinski definition) is 0. The number of rotatable bonds is 7. The van der Waals surface area contributed by atoms with E-state index in [1.807, 2.05) is 0 Å². The second-order valence-electron chi connectivity index (χ2n) is 10.2. The van der Waals surface area contributed by atoms with Crippen molar-refractivity contribution in [3.63, 3.8) is 0 Å². The third kappa shape index (κ3) is 5.39. The molecule has 0 saturated heterocycles. The fraction of sp³-hybridized carbons (Fsp3) is 0.484. The summed E-state index contributed by atoms with van der Waals surface area (Å²) in [5, 5.41) is 3.04. The van der Waals surface area contributed by atoms with Crippen LogP contribution in [-0.2, 0) is 0 Å². The van der Waals surface area contributed by atoms with Gasteiger partial charge < -0.3 is 0 Å². The summed E-state index contributed by atoms with van der Waals surface area (Å²) in [5.74, 6) is 0. The van der Waals surface area contributed by atoms with Gasteiger partial charge in [0.05, 0.1) is 0 Å². The van der Waals surface area contributed by atoms with Gasteiger partial charge in [-0.1, -0.05) is 138 Å². The predicted octanol–water partition coefficient (Wildman–Crippen LogP) is 8.52. The fourth-order valence-corrected chi connectivity index (χ4v) is 13.9. The molecule has 0 heterocycles. The molecule has 2 atom stereocenters. The van der Waals surface area contributed by atoms with Crippen LogP contribution in [0.5, 0.6) is 0 Å². The molecule has 0 amide bonds. The van der Waals surface area contributed by atoms with Crippen LogP contribution in [0.15, 0.2) is 84.5 Å². The lowest BCUT2D eigenvalue weighted by Crippen LogP contribution is -2.30. The van der Waals surface area contributed by atoms with Crippen LogP contribution in [0.3, 0.4) is 0 Å². The average molecular weight is 475 g/mol. The van der Waals surface area contributed by atoms with E-state index in [1.54, 1.807) is 5.57 Å². The van der Waals surface area contributed by atoms with Crippen LogP contribution < -0.4 is 10.6 Å². The highest BCUT2D eigenvalue weighted by Gasteiger charge is 2.39. The minimum atomic E-state index is -0.428. The van der Waals surface area contributed by atoms with Gasteiger partial charge >= 0.3 is 0 Å². The summed E-state index contributed by atoms with van der Waals surface area (Å²) in [6, 6.07) is 22.7. The van der Waals surface area contributed by atoms with E-state index in [9.17, 15) is 0 Å². The van der Waals surface area contributed by atoms with Crippen molar-refractivity contribution in [3.05, 3.63) is 84.5 Å². The van der Waals surface area contributed by atoms with E-state index in [-0.39, 0.29) is 7.92 Å². The van der Waals surface area contributed by atoms with E-state index in [1.165, 1.54) is 74.8 Å². The Hall–Kier alpha value is -1.22. The van der Waals surface area contributed by atoms with Crippen LogP contribution in [0.2, 0.25) is 0 Å². The number of allylic oxidation sites excluding steroid dienone is 4. The molecule has 3 aliphatic rings. The molecule has 0 spiro atoms. The van der Waals surface area contributed by atoms with Gasteiger partial charge in [-0.05, 0) is 61.2 Å². The maximum atomic E-state index is 2.64. The molecule has 2 aromatic rings. The molecule has 0 nitrogen and oxygen atoms in total. The molecule has 5 rings (SSSR count). The van der Waals surface area contributed by atoms with E-state index in [4.69, 9.17) is 0 Å². The van der Waals surface area contributed by atoms with Crippen LogP contribution in [0.25, 0.3) is 0 Å². The van der Waals surface area contributed by atoms with Gasteiger partial charge in [0.15, 0.2) is 0 Å². The van der Waals surface area contributed by atoms with Crippen LogP contribution in [-0.4, -0.2) is 22.6 Å². The second kappa shape index (κ2) is 11.5. The standard InChI is InChI=1S/C31H40P2/c1-25(32(26-15-6-2-7-16-26)27-17-8-3-9-18-27)30-23-14-24-31(30)33(28-19-10-4-11-20-28)29-21-12-5-13-22-29/h4-5,10-14,19-27,31H,2-3,6-9,15-18H2,1H3/t25-,31?/m0/s1. The van der Waals surface area contributed by atoms with Crippen molar-refractivity contribution in [2.24, 2.45) is 0 Å². The molecule has 2 fully saturated rings. The van der Waals surface area contributed by atoms with E-state index >= 15 is 0 Å². The zero-order valence-corrected chi connectivity index (χ0v) is 22.1. The molecule has 0 aromatic heterocycles. The van der Waals surface area contributed by atoms with E-state index in [2.05, 4.69) is 85.8 Å². The van der Waals surface area contributed by atoms with Crippen molar-refractivity contribution in [3.8, 4) is 0 Å². The monoisotopic (exact) mass is 474 g/mol. The van der Waals surface area contributed by atoms with E-state index in [0.717, 1.165) is 17.0 Å².